The number of hydrogen-bond acceptors (Lipinski definition) is 9. The maximum absolute atomic E-state index is 12.2. The summed E-state index contributed by atoms with van der Waals surface area (Å²) in [5.41, 5.74) is 5.33. The van der Waals surface area contributed by atoms with Crippen LogP contribution in [0.1, 0.15) is 73.2 Å². The smallest absolute Gasteiger partial charge is 0.243 e. The molecule has 0 radical (unpaired) electrons. The minimum Gasteiger partial charge on any atom is -0.392 e. The van der Waals surface area contributed by atoms with Gasteiger partial charge in [0.25, 0.3) is 0 Å². The molecule has 10 nitrogen and oxygen atoms in total. The van der Waals surface area contributed by atoms with Crippen molar-refractivity contribution in [2.75, 3.05) is 5.75 Å². The Morgan fingerprint density at radius 1 is 0.878 bits per heavy atom. The molecule has 1 aromatic heterocycles. The van der Waals surface area contributed by atoms with E-state index in [-0.39, 0.29) is 31.1 Å². The number of nitrogens with zero attached hydrogens (tertiary/aromatic N) is 2. The van der Waals surface area contributed by atoms with Crippen LogP contribution in [0, 0.1) is 0 Å². The average Bonchev–Trinajstić information content (AvgIpc) is 3.03. The van der Waals surface area contributed by atoms with Crippen LogP contribution in [0.5, 0.6) is 0 Å². The number of hydroxylamine groups is 1. The molecule has 0 unspecified atom stereocenters. The van der Waals surface area contributed by atoms with Gasteiger partial charge < -0.3 is 19.9 Å². The van der Waals surface area contributed by atoms with Gasteiger partial charge in [0.15, 0.2) is 11.4 Å². The molecule has 0 spiro atoms. The number of aromatic nitrogens is 2. The molecule has 1 saturated heterocycles. The lowest BCUT2D eigenvalue weighted by Crippen LogP contribution is -2.31. The van der Waals surface area contributed by atoms with Gasteiger partial charge in [0.2, 0.25) is 11.8 Å². The van der Waals surface area contributed by atoms with E-state index in [1.54, 1.807) is 35.7 Å². The summed E-state index contributed by atoms with van der Waals surface area (Å²) in [6.07, 6.45) is 5.96. The van der Waals surface area contributed by atoms with Gasteiger partial charge in [-0.3, -0.25) is 14.8 Å². The van der Waals surface area contributed by atoms with E-state index in [0.717, 1.165) is 28.7 Å². The molecular formula is C30H36N4O6S. The molecule has 2 heterocycles. The van der Waals surface area contributed by atoms with Crippen LogP contribution in [-0.4, -0.2) is 44.0 Å². The van der Waals surface area contributed by atoms with Gasteiger partial charge in [-0.2, -0.15) is 0 Å². The highest BCUT2D eigenvalue weighted by molar-refractivity contribution is 7.99. The zero-order chi connectivity index (χ0) is 28.9. The van der Waals surface area contributed by atoms with Gasteiger partial charge in [-0.05, 0) is 35.6 Å². The third-order valence-electron chi connectivity index (χ3n) is 6.73. The number of ether oxygens (including phenoxy) is 2. The third-order valence-corrected chi connectivity index (χ3v) is 7.74. The Balaban J connectivity index is 1.32. The lowest BCUT2D eigenvalue weighted by Gasteiger charge is -2.36. The summed E-state index contributed by atoms with van der Waals surface area (Å²) in [6.45, 7) is 0.404. The maximum atomic E-state index is 12.2. The molecule has 11 heteroatoms. The molecular weight excluding hydrogens is 544 g/mol. The Morgan fingerprint density at radius 3 is 2.22 bits per heavy atom. The molecule has 4 rings (SSSR count). The van der Waals surface area contributed by atoms with Crippen LogP contribution in [0.2, 0.25) is 0 Å². The quantitative estimate of drug-likeness (QED) is 0.0718. The van der Waals surface area contributed by atoms with Crippen LogP contribution in [0.15, 0.2) is 72.1 Å². The number of amides is 2. The van der Waals surface area contributed by atoms with E-state index in [4.69, 9.17) is 14.7 Å². The molecule has 2 aromatic carbocycles. The summed E-state index contributed by atoms with van der Waals surface area (Å²) in [4.78, 5) is 31.8. The standard InChI is InChI=1S/C30H36N4O6S/c35-19-22-9-11-23(12-10-22)26-17-25(20-41-30-31-15-4-16-32-30)39-29(40-26)24-13-7-21(8-14-24)18-33-27(36)5-2-1-3-6-28(37)34-38/h4,7-16,25-26,29,35,38H,1-3,5-6,17-20H2,(H,33,36)(H,34,37)/t25-,26+,29+/m1/s1. The Kier molecular flexibility index (Phi) is 12.1. The highest BCUT2D eigenvalue weighted by Gasteiger charge is 2.32. The molecule has 3 aromatic rings. The van der Waals surface area contributed by atoms with E-state index >= 15 is 0 Å². The predicted octanol–water partition coefficient (Wildman–Crippen LogP) is 4.38. The van der Waals surface area contributed by atoms with Crippen molar-refractivity contribution in [1.29, 1.82) is 0 Å². The van der Waals surface area contributed by atoms with Gasteiger partial charge >= 0.3 is 0 Å². The zero-order valence-electron chi connectivity index (χ0n) is 22.8. The normalized spacial score (nSPS) is 18.5. The average molecular weight is 581 g/mol. The van der Waals surface area contributed by atoms with Crippen molar-refractivity contribution < 1.29 is 29.4 Å². The summed E-state index contributed by atoms with van der Waals surface area (Å²) in [7, 11) is 0. The maximum Gasteiger partial charge on any atom is 0.243 e. The highest BCUT2D eigenvalue weighted by Crippen LogP contribution is 2.39. The second kappa shape index (κ2) is 16.2. The van der Waals surface area contributed by atoms with Gasteiger partial charge in [0, 0.05) is 49.5 Å². The number of aliphatic hydroxyl groups is 1. The monoisotopic (exact) mass is 580 g/mol. The molecule has 1 fully saturated rings. The number of nitrogens with one attached hydrogen (secondary N) is 2. The topological polar surface area (TPSA) is 143 Å². The molecule has 41 heavy (non-hydrogen) atoms. The molecule has 0 saturated carbocycles. The van der Waals surface area contributed by atoms with E-state index in [2.05, 4.69) is 15.3 Å². The minimum absolute atomic E-state index is 0.00775. The van der Waals surface area contributed by atoms with Crippen molar-refractivity contribution in [1.82, 2.24) is 20.8 Å². The van der Waals surface area contributed by atoms with Gasteiger partial charge in [-0.15, -0.1) is 0 Å². The molecule has 0 bridgehead atoms. The molecule has 218 valence electrons. The highest BCUT2D eigenvalue weighted by atomic mass is 32.2. The van der Waals surface area contributed by atoms with Crippen molar-refractivity contribution in [2.45, 2.75) is 75.3 Å². The van der Waals surface area contributed by atoms with E-state index < -0.39 is 12.2 Å². The first kappa shape index (κ1) is 30.6. The van der Waals surface area contributed by atoms with E-state index in [1.807, 2.05) is 48.5 Å². The number of aliphatic hydroxyl groups excluding tert-OH is 1. The van der Waals surface area contributed by atoms with Crippen molar-refractivity contribution >= 4 is 23.6 Å². The molecule has 4 N–H and O–H groups in total. The van der Waals surface area contributed by atoms with Crippen molar-refractivity contribution in [2.24, 2.45) is 0 Å². The second-order valence-electron chi connectivity index (χ2n) is 9.81. The first-order valence-electron chi connectivity index (χ1n) is 13.7. The fourth-order valence-corrected chi connectivity index (χ4v) is 5.26. The van der Waals surface area contributed by atoms with Crippen LogP contribution in [0.3, 0.4) is 0 Å². The lowest BCUT2D eigenvalue weighted by molar-refractivity contribution is -0.245. The second-order valence-corrected chi connectivity index (χ2v) is 10.8. The number of unbranched alkanes of at least 4 members (excludes halogenated alkanes) is 2. The van der Waals surface area contributed by atoms with Crippen LogP contribution >= 0.6 is 11.8 Å². The van der Waals surface area contributed by atoms with Crippen molar-refractivity contribution in [3.05, 3.63) is 89.2 Å². The molecule has 0 aliphatic carbocycles. The number of carbonyl (C=O) groups is 2. The van der Waals surface area contributed by atoms with Crippen LogP contribution in [-0.2, 0) is 32.2 Å². The summed E-state index contributed by atoms with van der Waals surface area (Å²) < 4.78 is 12.8. The van der Waals surface area contributed by atoms with Crippen LogP contribution < -0.4 is 10.8 Å². The molecule has 2 amide bonds. The SMILES string of the molecule is O=C(CCCCCC(=O)NCc1ccc([C@H]2O[C@@H](CSc3ncccn3)C[C@@H](c3ccc(CO)cc3)O2)cc1)NO. The van der Waals surface area contributed by atoms with Gasteiger partial charge in [-0.1, -0.05) is 66.7 Å². The minimum atomic E-state index is -0.565. The van der Waals surface area contributed by atoms with Crippen LogP contribution in [0.25, 0.3) is 0 Å². The van der Waals surface area contributed by atoms with E-state index in [0.29, 0.717) is 43.1 Å². The molecule has 1 aliphatic rings. The van der Waals surface area contributed by atoms with Crippen LogP contribution in [0.4, 0.5) is 0 Å². The van der Waals surface area contributed by atoms with Crippen molar-refractivity contribution in [3.63, 3.8) is 0 Å². The van der Waals surface area contributed by atoms with Gasteiger partial charge in [0.05, 0.1) is 18.8 Å². The number of carbonyl (C=O) groups excluding carboxylic acids is 2. The Bertz CT molecular complexity index is 1230. The fraction of sp³-hybridized carbons (Fsp3) is 0.400. The number of rotatable bonds is 14. The van der Waals surface area contributed by atoms with Gasteiger partial charge in [0.1, 0.15) is 0 Å². The van der Waals surface area contributed by atoms with E-state index in [9.17, 15) is 14.7 Å². The summed E-state index contributed by atoms with van der Waals surface area (Å²) in [5, 5.41) is 21.6. The van der Waals surface area contributed by atoms with Gasteiger partial charge in [-0.25, -0.2) is 15.4 Å². The number of benzene rings is 2. The van der Waals surface area contributed by atoms with Crippen molar-refractivity contribution in [3.8, 4) is 0 Å². The Labute approximate surface area is 243 Å². The number of thioether (sulfide) groups is 1. The Hall–Kier alpha value is -3.35. The lowest BCUT2D eigenvalue weighted by atomic mass is 10.0. The number of hydrogen-bond donors (Lipinski definition) is 4. The Morgan fingerprint density at radius 2 is 1.54 bits per heavy atom. The largest absolute Gasteiger partial charge is 0.392 e. The third kappa shape index (κ3) is 9.91. The first-order chi connectivity index (χ1) is 20.0. The molecule has 3 atom stereocenters. The fourth-order valence-electron chi connectivity index (χ4n) is 4.44. The predicted molar refractivity (Wildman–Crippen MR) is 152 cm³/mol. The first-order valence-corrected chi connectivity index (χ1v) is 14.7. The molecule has 1 aliphatic heterocycles. The summed E-state index contributed by atoms with van der Waals surface area (Å²) >= 11 is 1.55. The van der Waals surface area contributed by atoms with E-state index in [1.165, 1.54) is 0 Å². The summed E-state index contributed by atoms with van der Waals surface area (Å²) in [6, 6.07) is 17.4. The zero-order valence-corrected chi connectivity index (χ0v) is 23.6. The summed E-state index contributed by atoms with van der Waals surface area (Å²) in [5.74, 6) is 0.219.